The molecule has 2 heterocycles. The van der Waals surface area contributed by atoms with Gasteiger partial charge in [0.15, 0.2) is 0 Å². The molecule has 2 aromatic rings. The molecule has 92 valence electrons. The highest BCUT2D eigenvalue weighted by Gasteiger charge is 2.10. The molecule has 1 aliphatic heterocycles. The fourth-order valence-electron chi connectivity index (χ4n) is 1.96. The largest absolute Gasteiger partial charge is 0.497 e. The molecule has 0 spiro atoms. The second-order valence-corrected chi connectivity index (χ2v) is 5.31. The molecule has 18 heavy (non-hydrogen) atoms. The van der Waals surface area contributed by atoms with E-state index in [0.29, 0.717) is 0 Å². The number of methoxy groups -OCH3 is 1. The van der Waals surface area contributed by atoms with Crippen LogP contribution in [0.5, 0.6) is 5.75 Å². The van der Waals surface area contributed by atoms with Crippen molar-refractivity contribution in [2.24, 2.45) is 0 Å². The SMILES string of the molecule is COc1ccc2nc(C3=CN(C)CC=C3)sc2c1. The van der Waals surface area contributed by atoms with E-state index in [2.05, 4.69) is 35.3 Å². The number of rotatable bonds is 2. The van der Waals surface area contributed by atoms with Crippen molar-refractivity contribution in [1.29, 1.82) is 0 Å². The first-order chi connectivity index (χ1) is 8.76. The van der Waals surface area contributed by atoms with Crippen LogP contribution in [-0.4, -0.2) is 30.6 Å². The third-order valence-electron chi connectivity index (χ3n) is 2.89. The number of thiazole rings is 1. The monoisotopic (exact) mass is 258 g/mol. The molecule has 0 radical (unpaired) electrons. The fraction of sp³-hybridized carbons (Fsp3) is 0.214. The zero-order valence-electron chi connectivity index (χ0n) is 10.4. The Morgan fingerprint density at radius 1 is 1.39 bits per heavy atom. The smallest absolute Gasteiger partial charge is 0.126 e. The fourth-order valence-corrected chi connectivity index (χ4v) is 2.95. The molecule has 0 bridgehead atoms. The lowest BCUT2D eigenvalue weighted by Gasteiger charge is -2.16. The van der Waals surface area contributed by atoms with E-state index >= 15 is 0 Å². The van der Waals surface area contributed by atoms with Gasteiger partial charge in [0.1, 0.15) is 10.8 Å². The van der Waals surface area contributed by atoms with Crippen molar-refractivity contribution in [3.63, 3.8) is 0 Å². The molecule has 0 aliphatic carbocycles. The summed E-state index contributed by atoms with van der Waals surface area (Å²) in [4.78, 5) is 6.82. The predicted molar refractivity (Wildman–Crippen MR) is 75.9 cm³/mol. The number of likely N-dealkylation sites (N-methyl/N-ethyl adjacent to an activating group) is 1. The average Bonchev–Trinajstić information content (AvgIpc) is 2.81. The van der Waals surface area contributed by atoms with Gasteiger partial charge >= 0.3 is 0 Å². The van der Waals surface area contributed by atoms with Gasteiger partial charge in [-0.3, -0.25) is 0 Å². The van der Waals surface area contributed by atoms with E-state index in [1.54, 1.807) is 18.4 Å². The molecule has 1 aliphatic rings. The lowest BCUT2D eigenvalue weighted by Crippen LogP contribution is -2.13. The lowest BCUT2D eigenvalue weighted by molar-refractivity contribution is 0.415. The van der Waals surface area contributed by atoms with Crippen LogP contribution in [0.25, 0.3) is 15.8 Å². The number of nitrogens with zero attached hydrogens (tertiary/aromatic N) is 2. The Hall–Kier alpha value is -1.81. The van der Waals surface area contributed by atoms with Gasteiger partial charge < -0.3 is 9.64 Å². The third kappa shape index (κ3) is 1.99. The van der Waals surface area contributed by atoms with Gasteiger partial charge in [0.25, 0.3) is 0 Å². The molecule has 1 aromatic heterocycles. The molecule has 0 N–H and O–H groups in total. The van der Waals surface area contributed by atoms with Gasteiger partial charge in [0.2, 0.25) is 0 Å². The highest BCUT2D eigenvalue weighted by Crippen LogP contribution is 2.31. The Labute approximate surface area is 110 Å². The summed E-state index contributed by atoms with van der Waals surface area (Å²) in [5, 5.41) is 1.06. The first-order valence-corrected chi connectivity index (χ1v) is 6.61. The topological polar surface area (TPSA) is 25.4 Å². The number of aromatic nitrogens is 1. The lowest BCUT2D eigenvalue weighted by atomic mass is 10.2. The standard InChI is InChI=1S/C14H14N2OS/c1-16-7-3-4-10(9-16)14-15-12-6-5-11(17-2)8-13(12)18-14/h3-6,8-9H,7H2,1-2H3. The van der Waals surface area contributed by atoms with E-state index in [0.717, 1.165) is 27.5 Å². The van der Waals surface area contributed by atoms with Crippen molar-refractivity contribution in [2.45, 2.75) is 0 Å². The van der Waals surface area contributed by atoms with Crippen LogP contribution in [0, 0.1) is 0 Å². The van der Waals surface area contributed by atoms with Crippen molar-refractivity contribution in [2.75, 3.05) is 20.7 Å². The Morgan fingerprint density at radius 2 is 2.28 bits per heavy atom. The minimum atomic E-state index is 0.878. The van der Waals surface area contributed by atoms with Gasteiger partial charge in [-0.15, -0.1) is 11.3 Å². The van der Waals surface area contributed by atoms with Crippen LogP contribution in [0.1, 0.15) is 5.01 Å². The summed E-state index contributed by atoms with van der Waals surface area (Å²) in [5.74, 6) is 0.878. The maximum Gasteiger partial charge on any atom is 0.126 e. The van der Waals surface area contributed by atoms with Gasteiger partial charge in [-0.25, -0.2) is 4.98 Å². The van der Waals surface area contributed by atoms with E-state index in [4.69, 9.17) is 4.74 Å². The minimum Gasteiger partial charge on any atom is -0.497 e. The normalized spacial score (nSPS) is 15.0. The van der Waals surface area contributed by atoms with Gasteiger partial charge in [-0.1, -0.05) is 12.2 Å². The van der Waals surface area contributed by atoms with Crippen LogP contribution >= 0.6 is 11.3 Å². The summed E-state index contributed by atoms with van der Waals surface area (Å²) >= 11 is 1.70. The highest BCUT2D eigenvalue weighted by molar-refractivity contribution is 7.19. The molecule has 0 unspecified atom stereocenters. The maximum absolute atomic E-state index is 5.24. The molecule has 0 saturated heterocycles. The highest BCUT2D eigenvalue weighted by atomic mass is 32.1. The number of hydrogen-bond donors (Lipinski definition) is 0. The van der Waals surface area contributed by atoms with E-state index < -0.39 is 0 Å². The maximum atomic E-state index is 5.24. The Morgan fingerprint density at radius 3 is 3.06 bits per heavy atom. The summed E-state index contributed by atoms with van der Waals surface area (Å²) in [5.41, 5.74) is 2.20. The first kappa shape index (κ1) is 11.3. The molecule has 0 fully saturated rings. The van der Waals surface area contributed by atoms with Crippen molar-refractivity contribution in [1.82, 2.24) is 9.88 Å². The Bertz CT molecular complexity index is 642. The second kappa shape index (κ2) is 4.46. The van der Waals surface area contributed by atoms with Crippen molar-refractivity contribution >= 4 is 27.1 Å². The quantitative estimate of drug-likeness (QED) is 0.827. The molecule has 0 saturated carbocycles. The van der Waals surface area contributed by atoms with E-state index in [9.17, 15) is 0 Å². The Balaban J connectivity index is 2.05. The van der Waals surface area contributed by atoms with E-state index in [1.807, 2.05) is 18.2 Å². The van der Waals surface area contributed by atoms with Gasteiger partial charge in [0, 0.05) is 25.4 Å². The number of allylic oxidation sites excluding steroid dienone is 2. The van der Waals surface area contributed by atoms with Gasteiger partial charge in [0.05, 0.1) is 17.3 Å². The first-order valence-electron chi connectivity index (χ1n) is 5.80. The van der Waals surface area contributed by atoms with Crippen LogP contribution in [0.15, 0.2) is 36.6 Å². The molecule has 1 aromatic carbocycles. The summed E-state index contributed by atoms with van der Waals surface area (Å²) in [6.07, 6.45) is 6.42. The van der Waals surface area contributed by atoms with E-state index in [-0.39, 0.29) is 0 Å². The van der Waals surface area contributed by atoms with Crippen LogP contribution in [0.2, 0.25) is 0 Å². The van der Waals surface area contributed by atoms with Gasteiger partial charge in [-0.05, 0) is 18.2 Å². The minimum absolute atomic E-state index is 0.878. The van der Waals surface area contributed by atoms with E-state index in [1.165, 1.54) is 5.57 Å². The number of fused-ring (bicyclic) bond motifs is 1. The van der Waals surface area contributed by atoms with Crippen molar-refractivity contribution < 1.29 is 4.74 Å². The average molecular weight is 258 g/mol. The van der Waals surface area contributed by atoms with Crippen LogP contribution in [-0.2, 0) is 0 Å². The van der Waals surface area contributed by atoms with Crippen LogP contribution in [0.4, 0.5) is 0 Å². The molecular weight excluding hydrogens is 244 g/mol. The van der Waals surface area contributed by atoms with Gasteiger partial charge in [-0.2, -0.15) is 0 Å². The third-order valence-corrected chi connectivity index (χ3v) is 3.96. The van der Waals surface area contributed by atoms with Crippen LogP contribution < -0.4 is 4.74 Å². The Kier molecular flexibility index (Phi) is 2.80. The molecule has 3 rings (SSSR count). The molecule has 3 nitrogen and oxygen atoms in total. The second-order valence-electron chi connectivity index (χ2n) is 4.28. The molecule has 0 atom stereocenters. The van der Waals surface area contributed by atoms with Crippen LogP contribution in [0.3, 0.4) is 0 Å². The number of ether oxygens (including phenoxy) is 1. The zero-order chi connectivity index (χ0) is 12.5. The molecule has 0 amide bonds. The van der Waals surface area contributed by atoms with Crippen molar-refractivity contribution in [3.8, 4) is 5.75 Å². The summed E-state index contributed by atoms with van der Waals surface area (Å²) < 4.78 is 6.40. The number of benzene rings is 1. The predicted octanol–water partition coefficient (Wildman–Crippen LogP) is 3.15. The summed E-state index contributed by atoms with van der Waals surface area (Å²) in [7, 11) is 3.75. The molecule has 4 heteroatoms. The summed E-state index contributed by atoms with van der Waals surface area (Å²) in [6, 6.07) is 5.99. The summed E-state index contributed by atoms with van der Waals surface area (Å²) in [6.45, 7) is 0.961. The van der Waals surface area contributed by atoms with Crippen molar-refractivity contribution in [3.05, 3.63) is 41.6 Å². The molecular formula is C14H14N2OS. The zero-order valence-corrected chi connectivity index (χ0v) is 11.2. The number of hydrogen-bond acceptors (Lipinski definition) is 4.